The number of hydrogen-bond donors (Lipinski definition) is 1. The summed E-state index contributed by atoms with van der Waals surface area (Å²) < 4.78 is 19.1. The molecule has 0 amide bonds. The summed E-state index contributed by atoms with van der Waals surface area (Å²) in [6.07, 6.45) is 2.17. The van der Waals surface area contributed by atoms with Gasteiger partial charge in [-0.2, -0.15) is 0 Å². The minimum absolute atomic E-state index is 0.130. The molecule has 0 aliphatic carbocycles. The normalized spacial score (nSPS) is 23.7. The number of rotatable bonds is 3. The van der Waals surface area contributed by atoms with E-state index in [4.69, 9.17) is 4.74 Å². The fourth-order valence-electron chi connectivity index (χ4n) is 2.94. The highest BCUT2D eigenvalue weighted by atomic mass is 19.1. The second kappa shape index (κ2) is 4.88. The Morgan fingerprint density at radius 3 is 2.61 bits per heavy atom. The van der Waals surface area contributed by atoms with Crippen LogP contribution >= 0.6 is 0 Å². The third-order valence-corrected chi connectivity index (χ3v) is 3.87. The Morgan fingerprint density at radius 2 is 2.11 bits per heavy atom. The van der Waals surface area contributed by atoms with Gasteiger partial charge in [0.25, 0.3) is 0 Å². The lowest BCUT2D eigenvalue weighted by Gasteiger charge is -2.30. The third kappa shape index (κ3) is 2.24. The van der Waals surface area contributed by atoms with Gasteiger partial charge in [-0.05, 0) is 43.9 Å². The van der Waals surface area contributed by atoms with Crippen molar-refractivity contribution in [1.29, 1.82) is 0 Å². The van der Waals surface area contributed by atoms with Crippen molar-refractivity contribution in [1.82, 2.24) is 5.32 Å². The van der Waals surface area contributed by atoms with Crippen LogP contribution in [0.1, 0.15) is 50.7 Å². The van der Waals surface area contributed by atoms with Gasteiger partial charge in [-0.1, -0.05) is 13.8 Å². The van der Waals surface area contributed by atoms with E-state index in [9.17, 15) is 4.39 Å². The maximum absolute atomic E-state index is 13.8. The maximum Gasteiger partial charge on any atom is 0.127 e. The summed E-state index contributed by atoms with van der Waals surface area (Å²) in [5.41, 5.74) is 2.04. The van der Waals surface area contributed by atoms with Crippen LogP contribution in [0, 0.1) is 5.82 Å². The molecule has 1 aliphatic heterocycles. The quantitative estimate of drug-likeness (QED) is 0.887. The second-order valence-corrected chi connectivity index (χ2v) is 5.59. The van der Waals surface area contributed by atoms with Gasteiger partial charge in [-0.25, -0.2) is 4.39 Å². The van der Waals surface area contributed by atoms with Crippen LogP contribution in [0.5, 0.6) is 5.75 Å². The molecule has 2 rings (SSSR count). The lowest BCUT2D eigenvalue weighted by atomic mass is 9.82. The van der Waals surface area contributed by atoms with Crippen molar-refractivity contribution >= 4 is 0 Å². The first-order chi connectivity index (χ1) is 8.48. The van der Waals surface area contributed by atoms with Crippen LogP contribution in [0.15, 0.2) is 12.1 Å². The maximum atomic E-state index is 13.8. The number of ether oxygens (including phenoxy) is 1. The van der Waals surface area contributed by atoms with Crippen LogP contribution in [-0.2, 0) is 5.54 Å². The first-order valence-electron chi connectivity index (χ1n) is 6.61. The molecule has 0 radical (unpaired) electrons. The Morgan fingerprint density at radius 1 is 1.39 bits per heavy atom. The lowest BCUT2D eigenvalue weighted by Crippen LogP contribution is -2.34. The summed E-state index contributed by atoms with van der Waals surface area (Å²) >= 11 is 0. The highest BCUT2D eigenvalue weighted by Crippen LogP contribution is 2.40. The molecular formula is C15H22FNO. The number of methoxy groups -OCH3 is 1. The number of benzene rings is 1. The highest BCUT2D eigenvalue weighted by Gasteiger charge is 2.34. The number of nitrogens with one attached hydrogen (secondary N) is 1. The summed E-state index contributed by atoms with van der Waals surface area (Å²) in [5, 5.41) is 3.50. The molecule has 0 bridgehead atoms. The zero-order chi connectivity index (χ0) is 13.3. The van der Waals surface area contributed by atoms with Crippen LogP contribution in [0.25, 0.3) is 0 Å². The fourth-order valence-corrected chi connectivity index (χ4v) is 2.94. The summed E-state index contributed by atoms with van der Waals surface area (Å²) in [4.78, 5) is 0. The third-order valence-electron chi connectivity index (χ3n) is 3.87. The van der Waals surface area contributed by atoms with Crippen molar-refractivity contribution < 1.29 is 9.13 Å². The minimum atomic E-state index is -0.221. The Bertz CT molecular complexity index is 436. The average molecular weight is 251 g/mol. The van der Waals surface area contributed by atoms with Crippen molar-refractivity contribution in [3.8, 4) is 5.75 Å². The van der Waals surface area contributed by atoms with E-state index in [0.29, 0.717) is 11.7 Å². The van der Waals surface area contributed by atoms with Crippen molar-refractivity contribution in [2.45, 2.75) is 45.1 Å². The van der Waals surface area contributed by atoms with Gasteiger partial charge in [0.1, 0.15) is 11.6 Å². The van der Waals surface area contributed by atoms with Crippen LogP contribution in [0.2, 0.25) is 0 Å². The van der Waals surface area contributed by atoms with E-state index in [1.54, 1.807) is 13.2 Å². The van der Waals surface area contributed by atoms with Crippen molar-refractivity contribution in [2.75, 3.05) is 13.7 Å². The molecule has 100 valence electrons. The molecule has 1 aliphatic rings. The predicted octanol–water partition coefficient (Wildman–Crippen LogP) is 3.56. The zero-order valence-electron chi connectivity index (χ0n) is 11.6. The van der Waals surface area contributed by atoms with E-state index < -0.39 is 0 Å². The van der Waals surface area contributed by atoms with Crippen LogP contribution in [0.4, 0.5) is 4.39 Å². The molecule has 0 aromatic heterocycles. The van der Waals surface area contributed by atoms with Gasteiger partial charge in [-0.15, -0.1) is 0 Å². The molecular weight excluding hydrogens is 229 g/mol. The second-order valence-electron chi connectivity index (χ2n) is 5.59. The molecule has 1 aromatic rings. The predicted molar refractivity (Wildman–Crippen MR) is 71.6 cm³/mol. The Balaban J connectivity index is 2.60. The molecule has 3 heteroatoms. The number of halogens is 1. The molecule has 1 unspecified atom stereocenters. The van der Waals surface area contributed by atoms with Crippen molar-refractivity contribution in [3.63, 3.8) is 0 Å². The monoisotopic (exact) mass is 251 g/mol. The SMILES string of the molecule is COc1cc(F)cc(C2(C)CCCN2)c1C(C)C. The molecule has 0 saturated carbocycles. The molecule has 1 N–H and O–H groups in total. The molecule has 1 fully saturated rings. The smallest absolute Gasteiger partial charge is 0.127 e. The topological polar surface area (TPSA) is 21.3 Å². The minimum Gasteiger partial charge on any atom is -0.496 e. The van der Waals surface area contributed by atoms with Gasteiger partial charge < -0.3 is 10.1 Å². The van der Waals surface area contributed by atoms with Gasteiger partial charge in [0, 0.05) is 17.2 Å². The van der Waals surface area contributed by atoms with Crippen LogP contribution in [0.3, 0.4) is 0 Å². The average Bonchev–Trinajstić information content (AvgIpc) is 2.75. The zero-order valence-corrected chi connectivity index (χ0v) is 11.6. The van der Waals surface area contributed by atoms with E-state index in [-0.39, 0.29) is 11.4 Å². The summed E-state index contributed by atoms with van der Waals surface area (Å²) in [7, 11) is 1.61. The largest absolute Gasteiger partial charge is 0.496 e. The Hall–Kier alpha value is -1.09. The molecule has 1 atom stereocenters. The summed E-state index contributed by atoms with van der Waals surface area (Å²) in [6.45, 7) is 7.39. The van der Waals surface area contributed by atoms with Gasteiger partial charge >= 0.3 is 0 Å². The standard InChI is InChI=1S/C15H22FNO/c1-10(2)14-12(15(3)6-5-7-17-15)8-11(16)9-13(14)18-4/h8-10,17H,5-7H2,1-4H3. The molecule has 1 heterocycles. The first-order valence-corrected chi connectivity index (χ1v) is 6.61. The lowest BCUT2D eigenvalue weighted by molar-refractivity contribution is 0.387. The van der Waals surface area contributed by atoms with E-state index in [1.807, 2.05) is 0 Å². The van der Waals surface area contributed by atoms with Gasteiger partial charge in [0.15, 0.2) is 0 Å². The molecule has 1 aromatic carbocycles. The van der Waals surface area contributed by atoms with Crippen molar-refractivity contribution in [3.05, 3.63) is 29.1 Å². The van der Waals surface area contributed by atoms with Crippen molar-refractivity contribution in [2.24, 2.45) is 0 Å². The molecule has 1 saturated heterocycles. The van der Waals surface area contributed by atoms with Gasteiger partial charge in [0.05, 0.1) is 7.11 Å². The van der Waals surface area contributed by atoms with Gasteiger partial charge in [-0.3, -0.25) is 0 Å². The first kappa shape index (κ1) is 13.3. The van der Waals surface area contributed by atoms with E-state index in [2.05, 4.69) is 26.1 Å². The van der Waals surface area contributed by atoms with Crippen LogP contribution in [-0.4, -0.2) is 13.7 Å². The van der Waals surface area contributed by atoms with Crippen LogP contribution < -0.4 is 10.1 Å². The van der Waals surface area contributed by atoms with E-state index in [1.165, 1.54) is 6.07 Å². The summed E-state index contributed by atoms with van der Waals surface area (Å²) in [5.74, 6) is 0.755. The Kier molecular flexibility index (Phi) is 3.62. The molecule has 2 nitrogen and oxygen atoms in total. The fraction of sp³-hybridized carbons (Fsp3) is 0.600. The molecule has 0 spiro atoms. The molecule has 18 heavy (non-hydrogen) atoms. The van der Waals surface area contributed by atoms with Gasteiger partial charge in [0.2, 0.25) is 0 Å². The number of hydrogen-bond acceptors (Lipinski definition) is 2. The van der Waals surface area contributed by atoms with E-state index >= 15 is 0 Å². The highest BCUT2D eigenvalue weighted by molar-refractivity contribution is 5.46. The Labute approximate surface area is 109 Å². The van der Waals surface area contributed by atoms with E-state index in [0.717, 1.165) is 30.5 Å². The summed E-state index contributed by atoms with van der Waals surface area (Å²) in [6, 6.07) is 3.15.